The van der Waals surface area contributed by atoms with Gasteiger partial charge in [0, 0.05) is 25.0 Å². The molecule has 0 aromatic carbocycles. The maximum Gasteiger partial charge on any atom is 0.317 e. The monoisotopic (exact) mass is 222 g/mol. The van der Waals surface area contributed by atoms with Crippen LogP contribution in [0.4, 0.5) is 0 Å². The Hall–Kier alpha value is -1.42. The standard InChI is InChI=1S/C12H18N2O2/c1-10(2)14(9-12(15)16)7-5-11-4-3-6-13-8-11/h3-4,6,8,10H,5,7,9H2,1-2H3,(H,15,16). The predicted octanol–water partition coefficient (Wildman–Crippen LogP) is 1.42. The van der Waals surface area contributed by atoms with Crippen molar-refractivity contribution in [3.8, 4) is 0 Å². The topological polar surface area (TPSA) is 53.4 Å². The molecule has 88 valence electrons. The maximum atomic E-state index is 10.7. The highest BCUT2D eigenvalue weighted by molar-refractivity contribution is 5.69. The van der Waals surface area contributed by atoms with Crippen LogP contribution in [0.2, 0.25) is 0 Å². The molecule has 0 bridgehead atoms. The summed E-state index contributed by atoms with van der Waals surface area (Å²) in [7, 11) is 0. The number of aliphatic carboxylic acids is 1. The summed E-state index contributed by atoms with van der Waals surface area (Å²) in [5, 5.41) is 8.78. The van der Waals surface area contributed by atoms with Gasteiger partial charge in [-0.25, -0.2) is 0 Å². The lowest BCUT2D eigenvalue weighted by atomic mass is 10.2. The largest absolute Gasteiger partial charge is 0.480 e. The molecule has 16 heavy (non-hydrogen) atoms. The lowest BCUT2D eigenvalue weighted by molar-refractivity contribution is -0.138. The van der Waals surface area contributed by atoms with Gasteiger partial charge in [0.25, 0.3) is 0 Å². The number of nitrogens with zero attached hydrogens (tertiary/aromatic N) is 2. The number of carboxylic acids is 1. The van der Waals surface area contributed by atoms with Gasteiger partial charge in [-0.3, -0.25) is 14.7 Å². The van der Waals surface area contributed by atoms with Gasteiger partial charge in [0.1, 0.15) is 0 Å². The summed E-state index contributed by atoms with van der Waals surface area (Å²) in [5.41, 5.74) is 1.14. The number of rotatable bonds is 6. The maximum absolute atomic E-state index is 10.7. The molecular formula is C12H18N2O2. The summed E-state index contributed by atoms with van der Waals surface area (Å²) in [6, 6.07) is 4.14. The van der Waals surface area contributed by atoms with Crippen molar-refractivity contribution in [2.45, 2.75) is 26.3 Å². The summed E-state index contributed by atoms with van der Waals surface area (Å²) in [5.74, 6) is -0.778. The molecule has 4 heteroatoms. The van der Waals surface area contributed by atoms with E-state index in [2.05, 4.69) is 4.98 Å². The van der Waals surface area contributed by atoms with Crippen LogP contribution in [0.3, 0.4) is 0 Å². The minimum atomic E-state index is -0.778. The molecule has 0 radical (unpaired) electrons. The average molecular weight is 222 g/mol. The minimum Gasteiger partial charge on any atom is -0.480 e. The van der Waals surface area contributed by atoms with E-state index in [-0.39, 0.29) is 12.6 Å². The Balaban J connectivity index is 2.47. The molecule has 0 unspecified atom stereocenters. The fraction of sp³-hybridized carbons (Fsp3) is 0.500. The van der Waals surface area contributed by atoms with E-state index in [1.165, 1.54) is 0 Å². The first kappa shape index (κ1) is 12.6. The molecule has 4 nitrogen and oxygen atoms in total. The first-order valence-corrected chi connectivity index (χ1v) is 5.44. The van der Waals surface area contributed by atoms with Crippen LogP contribution in [0.15, 0.2) is 24.5 Å². The Kier molecular flexibility index (Phi) is 4.92. The fourth-order valence-corrected chi connectivity index (χ4v) is 1.51. The van der Waals surface area contributed by atoms with Gasteiger partial charge in [-0.15, -0.1) is 0 Å². The van der Waals surface area contributed by atoms with Crippen LogP contribution in [-0.4, -0.2) is 40.1 Å². The van der Waals surface area contributed by atoms with Crippen molar-refractivity contribution < 1.29 is 9.90 Å². The molecule has 1 rings (SSSR count). The average Bonchev–Trinajstić information content (AvgIpc) is 2.25. The van der Waals surface area contributed by atoms with Gasteiger partial charge in [0.05, 0.1) is 6.54 Å². The highest BCUT2D eigenvalue weighted by Gasteiger charge is 2.12. The molecule has 1 aromatic rings. The van der Waals surface area contributed by atoms with Gasteiger partial charge in [0.15, 0.2) is 0 Å². The van der Waals surface area contributed by atoms with E-state index in [9.17, 15) is 4.79 Å². The zero-order chi connectivity index (χ0) is 12.0. The van der Waals surface area contributed by atoms with Gasteiger partial charge in [0.2, 0.25) is 0 Å². The molecule has 0 atom stereocenters. The lowest BCUT2D eigenvalue weighted by Crippen LogP contribution is -2.37. The minimum absolute atomic E-state index is 0.0952. The Morgan fingerprint density at radius 3 is 2.81 bits per heavy atom. The van der Waals surface area contributed by atoms with E-state index in [1.807, 2.05) is 37.1 Å². The van der Waals surface area contributed by atoms with Crippen LogP contribution in [0, 0.1) is 0 Å². The van der Waals surface area contributed by atoms with Gasteiger partial charge in [-0.1, -0.05) is 6.07 Å². The Morgan fingerprint density at radius 2 is 2.31 bits per heavy atom. The fourth-order valence-electron chi connectivity index (χ4n) is 1.51. The number of pyridine rings is 1. The predicted molar refractivity (Wildman–Crippen MR) is 62.3 cm³/mol. The van der Waals surface area contributed by atoms with E-state index >= 15 is 0 Å². The summed E-state index contributed by atoms with van der Waals surface area (Å²) >= 11 is 0. The van der Waals surface area contributed by atoms with Crippen LogP contribution in [0.5, 0.6) is 0 Å². The highest BCUT2D eigenvalue weighted by atomic mass is 16.4. The first-order valence-electron chi connectivity index (χ1n) is 5.44. The van der Waals surface area contributed by atoms with Crippen molar-refractivity contribution in [3.63, 3.8) is 0 Å². The van der Waals surface area contributed by atoms with E-state index in [4.69, 9.17) is 5.11 Å². The number of carbonyl (C=O) groups is 1. The molecule has 0 saturated carbocycles. The highest BCUT2D eigenvalue weighted by Crippen LogP contribution is 2.03. The van der Waals surface area contributed by atoms with Gasteiger partial charge < -0.3 is 5.11 Å². The van der Waals surface area contributed by atoms with Crippen molar-refractivity contribution in [2.24, 2.45) is 0 Å². The third kappa shape index (κ3) is 4.40. The summed E-state index contributed by atoms with van der Waals surface area (Å²) in [4.78, 5) is 16.6. The van der Waals surface area contributed by atoms with Crippen LogP contribution in [-0.2, 0) is 11.2 Å². The van der Waals surface area contributed by atoms with Gasteiger partial charge in [-0.2, -0.15) is 0 Å². The first-order chi connectivity index (χ1) is 7.59. The third-order valence-corrected chi connectivity index (χ3v) is 2.48. The van der Waals surface area contributed by atoms with Gasteiger partial charge in [-0.05, 0) is 31.9 Å². The molecule has 0 spiro atoms. The van der Waals surface area contributed by atoms with E-state index in [1.54, 1.807) is 6.20 Å². The van der Waals surface area contributed by atoms with Crippen molar-refractivity contribution in [2.75, 3.05) is 13.1 Å². The molecule has 1 N–H and O–H groups in total. The summed E-state index contributed by atoms with van der Waals surface area (Å²) in [6.45, 7) is 4.85. The van der Waals surface area contributed by atoms with Crippen LogP contribution in [0.1, 0.15) is 19.4 Å². The smallest absolute Gasteiger partial charge is 0.317 e. The van der Waals surface area contributed by atoms with Crippen molar-refractivity contribution in [1.82, 2.24) is 9.88 Å². The van der Waals surface area contributed by atoms with Crippen LogP contribution >= 0.6 is 0 Å². The quantitative estimate of drug-likeness (QED) is 0.791. The Labute approximate surface area is 95.9 Å². The van der Waals surface area contributed by atoms with Crippen LogP contribution < -0.4 is 0 Å². The van der Waals surface area contributed by atoms with Crippen molar-refractivity contribution in [3.05, 3.63) is 30.1 Å². The van der Waals surface area contributed by atoms with E-state index < -0.39 is 5.97 Å². The number of hydrogen-bond acceptors (Lipinski definition) is 3. The SMILES string of the molecule is CC(C)N(CCc1cccnc1)CC(=O)O. The number of aromatic nitrogens is 1. The second kappa shape index (κ2) is 6.23. The normalized spacial score (nSPS) is 11.0. The lowest BCUT2D eigenvalue weighted by Gasteiger charge is -2.24. The second-order valence-corrected chi connectivity index (χ2v) is 4.07. The van der Waals surface area contributed by atoms with E-state index in [0.29, 0.717) is 0 Å². The van der Waals surface area contributed by atoms with E-state index in [0.717, 1.165) is 18.5 Å². The number of carboxylic acid groups (broad SMARTS) is 1. The molecule has 0 aliphatic carbocycles. The molecule has 0 fully saturated rings. The molecule has 0 saturated heterocycles. The molecule has 0 amide bonds. The van der Waals surface area contributed by atoms with Crippen molar-refractivity contribution in [1.29, 1.82) is 0 Å². The molecule has 0 aliphatic rings. The summed E-state index contributed by atoms with van der Waals surface area (Å²) < 4.78 is 0. The molecular weight excluding hydrogens is 204 g/mol. The number of hydrogen-bond donors (Lipinski definition) is 1. The Bertz CT molecular complexity index is 325. The van der Waals surface area contributed by atoms with Gasteiger partial charge >= 0.3 is 5.97 Å². The molecule has 0 aliphatic heterocycles. The van der Waals surface area contributed by atoms with Crippen LogP contribution in [0.25, 0.3) is 0 Å². The Morgan fingerprint density at radius 1 is 1.56 bits per heavy atom. The molecule has 1 aromatic heterocycles. The summed E-state index contributed by atoms with van der Waals surface area (Å²) in [6.07, 6.45) is 4.39. The second-order valence-electron chi connectivity index (χ2n) is 4.07. The zero-order valence-electron chi connectivity index (χ0n) is 9.76. The third-order valence-electron chi connectivity index (χ3n) is 2.48. The van der Waals surface area contributed by atoms with Crippen molar-refractivity contribution >= 4 is 5.97 Å². The molecule has 1 heterocycles. The zero-order valence-corrected chi connectivity index (χ0v) is 9.76.